The number of amides is 2. The van der Waals surface area contributed by atoms with Gasteiger partial charge in [0.25, 0.3) is 0 Å². The first-order valence-electron chi connectivity index (χ1n) is 12.3. The Morgan fingerprint density at radius 1 is 1.03 bits per heavy atom. The van der Waals surface area contributed by atoms with Gasteiger partial charge in [0.05, 0.1) is 22.0 Å². The molecular weight excluding hydrogens is 533 g/mol. The maximum atomic E-state index is 13.4. The molecule has 0 heterocycles. The van der Waals surface area contributed by atoms with Crippen LogP contribution in [0.25, 0.3) is 0 Å². The van der Waals surface area contributed by atoms with Crippen molar-refractivity contribution in [2.45, 2.75) is 72.5 Å². The summed E-state index contributed by atoms with van der Waals surface area (Å²) in [6, 6.07) is 9.96. The third-order valence-corrected chi connectivity index (χ3v) is 8.21. The number of aryl methyl sites for hydroxylation is 2. The molecule has 2 amide bonds. The lowest BCUT2D eigenvalue weighted by molar-refractivity contribution is -0.140. The topological polar surface area (TPSA) is 86.8 Å². The Labute approximate surface area is 231 Å². The van der Waals surface area contributed by atoms with Crippen LogP contribution < -0.4 is 9.62 Å². The van der Waals surface area contributed by atoms with E-state index in [1.807, 2.05) is 45.9 Å². The molecule has 0 bridgehead atoms. The molecule has 2 atom stereocenters. The van der Waals surface area contributed by atoms with Crippen molar-refractivity contribution in [3.05, 3.63) is 63.1 Å². The van der Waals surface area contributed by atoms with Crippen LogP contribution in [0, 0.1) is 13.8 Å². The number of nitrogens with zero attached hydrogens (tertiary/aromatic N) is 2. The van der Waals surface area contributed by atoms with E-state index in [2.05, 4.69) is 5.32 Å². The molecular formula is C27H37Cl2N3O4S. The average molecular weight is 571 g/mol. The second-order valence-corrected chi connectivity index (χ2v) is 12.2. The smallest absolute Gasteiger partial charge is 0.242 e. The minimum Gasteiger partial charge on any atom is -0.352 e. The summed E-state index contributed by atoms with van der Waals surface area (Å²) in [6.45, 7) is 9.63. The van der Waals surface area contributed by atoms with E-state index in [0.29, 0.717) is 15.7 Å². The molecule has 0 aliphatic heterocycles. The van der Waals surface area contributed by atoms with Gasteiger partial charge in [-0.25, -0.2) is 8.42 Å². The van der Waals surface area contributed by atoms with Crippen molar-refractivity contribution < 1.29 is 18.0 Å². The molecule has 7 nitrogen and oxygen atoms in total. The number of nitrogens with one attached hydrogen (secondary N) is 1. The van der Waals surface area contributed by atoms with Crippen LogP contribution in [0.5, 0.6) is 0 Å². The van der Waals surface area contributed by atoms with Gasteiger partial charge in [-0.05, 0) is 75.4 Å². The highest BCUT2D eigenvalue weighted by molar-refractivity contribution is 7.92. The van der Waals surface area contributed by atoms with E-state index in [-0.39, 0.29) is 43.8 Å². The van der Waals surface area contributed by atoms with Gasteiger partial charge in [0, 0.05) is 25.6 Å². The Kier molecular flexibility index (Phi) is 11.3. The summed E-state index contributed by atoms with van der Waals surface area (Å²) in [5, 5.41) is 3.69. The number of rotatable bonds is 12. The summed E-state index contributed by atoms with van der Waals surface area (Å²) >= 11 is 12.2. The second-order valence-electron chi connectivity index (χ2n) is 9.49. The van der Waals surface area contributed by atoms with Crippen molar-refractivity contribution in [1.82, 2.24) is 10.2 Å². The van der Waals surface area contributed by atoms with Crippen LogP contribution in [0.15, 0.2) is 36.4 Å². The van der Waals surface area contributed by atoms with E-state index in [1.165, 1.54) is 9.21 Å². The highest BCUT2D eigenvalue weighted by Gasteiger charge is 2.27. The van der Waals surface area contributed by atoms with Crippen LogP contribution in [-0.2, 0) is 26.2 Å². The lowest BCUT2D eigenvalue weighted by atomic mass is 10.1. The standard InChI is InChI=1S/C27H37Cl2N3O4S/c1-7-20(4)30-27(34)21(5)31(17-22-12-13-23(28)24(29)16-22)26(33)9-8-14-32(37(6,35)36)25-15-18(2)10-11-19(25)3/h10-13,15-16,20-21H,7-9,14,17H2,1-6H3,(H,30,34)/t20-,21+/m1/s1. The van der Waals surface area contributed by atoms with Crippen molar-refractivity contribution >= 4 is 50.7 Å². The molecule has 204 valence electrons. The monoisotopic (exact) mass is 569 g/mol. The predicted octanol–water partition coefficient (Wildman–Crippen LogP) is 5.49. The molecule has 0 saturated heterocycles. The number of hydrogen-bond acceptors (Lipinski definition) is 4. The van der Waals surface area contributed by atoms with Crippen molar-refractivity contribution in [3.8, 4) is 0 Å². The molecule has 0 aromatic heterocycles. The van der Waals surface area contributed by atoms with Crippen molar-refractivity contribution in [1.29, 1.82) is 0 Å². The van der Waals surface area contributed by atoms with Gasteiger partial charge < -0.3 is 10.2 Å². The normalized spacial score (nSPS) is 13.1. The van der Waals surface area contributed by atoms with Crippen LogP contribution in [0.3, 0.4) is 0 Å². The van der Waals surface area contributed by atoms with E-state index < -0.39 is 16.1 Å². The number of anilines is 1. The molecule has 10 heteroatoms. The summed E-state index contributed by atoms with van der Waals surface area (Å²) in [7, 11) is -3.56. The first-order valence-corrected chi connectivity index (χ1v) is 14.9. The lowest BCUT2D eigenvalue weighted by Crippen LogP contribution is -2.49. The zero-order valence-corrected chi connectivity index (χ0v) is 24.7. The number of halogens is 2. The average Bonchev–Trinajstić information content (AvgIpc) is 2.82. The molecule has 37 heavy (non-hydrogen) atoms. The molecule has 0 fully saturated rings. The van der Waals surface area contributed by atoms with E-state index in [0.717, 1.165) is 29.4 Å². The SMILES string of the molecule is CC[C@@H](C)NC(=O)[C@H](C)N(Cc1ccc(Cl)c(Cl)c1)C(=O)CCCN(c1cc(C)ccc1C)S(C)(=O)=O. The zero-order chi connectivity index (χ0) is 27.9. The lowest BCUT2D eigenvalue weighted by Gasteiger charge is -2.30. The fourth-order valence-corrected chi connectivity index (χ4v) is 5.19. The Morgan fingerprint density at radius 3 is 2.30 bits per heavy atom. The molecule has 0 radical (unpaired) electrons. The fraction of sp³-hybridized carbons (Fsp3) is 0.481. The zero-order valence-electron chi connectivity index (χ0n) is 22.3. The van der Waals surface area contributed by atoms with Gasteiger partial charge in [0.15, 0.2) is 0 Å². The van der Waals surface area contributed by atoms with E-state index in [1.54, 1.807) is 25.1 Å². The fourth-order valence-electron chi connectivity index (χ4n) is 3.85. The summed E-state index contributed by atoms with van der Waals surface area (Å²) in [4.78, 5) is 27.8. The highest BCUT2D eigenvalue weighted by atomic mass is 35.5. The Morgan fingerprint density at radius 2 is 1.70 bits per heavy atom. The molecule has 0 spiro atoms. The summed E-state index contributed by atoms with van der Waals surface area (Å²) in [6.07, 6.45) is 2.28. The molecule has 1 N–H and O–H groups in total. The van der Waals surface area contributed by atoms with E-state index in [4.69, 9.17) is 23.2 Å². The third-order valence-electron chi connectivity index (χ3n) is 6.29. The van der Waals surface area contributed by atoms with Gasteiger partial charge in [-0.1, -0.05) is 48.3 Å². The quantitative estimate of drug-likeness (QED) is 0.366. The number of carbonyl (C=O) groups excluding carboxylic acids is 2. The van der Waals surface area contributed by atoms with Gasteiger partial charge >= 0.3 is 0 Å². The van der Waals surface area contributed by atoms with Gasteiger partial charge in [0.1, 0.15) is 6.04 Å². The third kappa shape index (κ3) is 8.90. The molecule has 2 aromatic rings. The van der Waals surface area contributed by atoms with Crippen molar-refractivity contribution in [2.75, 3.05) is 17.1 Å². The Bertz CT molecular complexity index is 1220. The van der Waals surface area contributed by atoms with Crippen LogP contribution in [-0.4, -0.2) is 50.0 Å². The second kappa shape index (κ2) is 13.5. The van der Waals surface area contributed by atoms with Crippen LogP contribution >= 0.6 is 23.2 Å². The predicted molar refractivity (Wildman–Crippen MR) is 152 cm³/mol. The minimum absolute atomic E-state index is 0.0298. The van der Waals surface area contributed by atoms with Gasteiger partial charge in [-0.2, -0.15) is 0 Å². The van der Waals surface area contributed by atoms with Crippen LogP contribution in [0.4, 0.5) is 5.69 Å². The number of benzene rings is 2. The number of hydrogen-bond donors (Lipinski definition) is 1. The van der Waals surface area contributed by atoms with Gasteiger partial charge in [-0.15, -0.1) is 0 Å². The molecule has 0 aliphatic rings. The van der Waals surface area contributed by atoms with Gasteiger partial charge in [0.2, 0.25) is 21.8 Å². The number of sulfonamides is 1. The molecule has 0 unspecified atom stereocenters. The maximum Gasteiger partial charge on any atom is 0.242 e. The minimum atomic E-state index is -3.56. The Balaban J connectivity index is 2.24. The Hall–Kier alpha value is -2.29. The first-order chi connectivity index (χ1) is 17.2. The van der Waals surface area contributed by atoms with E-state index >= 15 is 0 Å². The first kappa shape index (κ1) is 30.9. The molecule has 2 aromatic carbocycles. The molecule has 2 rings (SSSR count). The summed E-state index contributed by atoms with van der Waals surface area (Å²) < 4.78 is 26.5. The largest absolute Gasteiger partial charge is 0.352 e. The van der Waals surface area contributed by atoms with E-state index in [9.17, 15) is 18.0 Å². The molecule has 0 aliphatic carbocycles. The van der Waals surface area contributed by atoms with Gasteiger partial charge in [-0.3, -0.25) is 13.9 Å². The van der Waals surface area contributed by atoms with Crippen molar-refractivity contribution in [3.63, 3.8) is 0 Å². The molecule has 0 saturated carbocycles. The number of carbonyl (C=O) groups is 2. The summed E-state index contributed by atoms with van der Waals surface area (Å²) in [5.41, 5.74) is 3.11. The van der Waals surface area contributed by atoms with Crippen molar-refractivity contribution in [2.24, 2.45) is 0 Å². The maximum absolute atomic E-state index is 13.4. The van der Waals surface area contributed by atoms with Crippen LogP contribution in [0.1, 0.15) is 56.7 Å². The highest BCUT2D eigenvalue weighted by Crippen LogP contribution is 2.26. The van der Waals surface area contributed by atoms with Crippen LogP contribution in [0.2, 0.25) is 10.0 Å². The summed E-state index contributed by atoms with van der Waals surface area (Å²) in [5.74, 6) is -0.511.